The number of methoxy groups -OCH3 is 2. The van der Waals surface area contributed by atoms with Crippen LogP contribution in [0.25, 0.3) is 0 Å². The van der Waals surface area contributed by atoms with E-state index in [0.29, 0.717) is 56.2 Å². The van der Waals surface area contributed by atoms with Crippen molar-refractivity contribution in [3.8, 4) is 11.5 Å². The minimum Gasteiger partial charge on any atom is -0.493 e. The number of hydrogen-bond acceptors (Lipinski definition) is 5. The SMILES string of the molecule is COCCCOc1cc(C(=O)N(C(C)C)C23CNCC(CF)(C2)C3)ccc1OC. The average molecular weight is 409 g/mol. The summed E-state index contributed by atoms with van der Waals surface area (Å²) in [6.07, 6.45) is 2.17. The van der Waals surface area contributed by atoms with Gasteiger partial charge in [0.25, 0.3) is 5.91 Å². The number of hydrogen-bond donors (Lipinski definition) is 1. The third-order valence-electron chi connectivity index (χ3n) is 6.05. The molecular formula is C22H33FN2O4. The first-order valence-corrected chi connectivity index (χ1v) is 10.3. The van der Waals surface area contributed by atoms with E-state index in [9.17, 15) is 9.18 Å². The molecule has 0 aromatic heterocycles. The van der Waals surface area contributed by atoms with Crippen molar-refractivity contribution in [2.45, 2.75) is 44.7 Å². The molecule has 1 aromatic carbocycles. The highest BCUT2D eigenvalue weighted by molar-refractivity contribution is 5.96. The summed E-state index contributed by atoms with van der Waals surface area (Å²) in [4.78, 5) is 15.5. The van der Waals surface area contributed by atoms with Crippen LogP contribution in [0.3, 0.4) is 0 Å². The van der Waals surface area contributed by atoms with Crippen molar-refractivity contribution in [1.82, 2.24) is 10.2 Å². The molecule has 7 heteroatoms. The van der Waals surface area contributed by atoms with E-state index in [1.165, 1.54) is 0 Å². The Morgan fingerprint density at radius 1 is 1.21 bits per heavy atom. The predicted octanol–water partition coefficient (Wildman–Crippen LogP) is 3.05. The number of benzene rings is 1. The number of nitrogens with zero attached hydrogens (tertiary/aromatic N) is 1. The maximum atomic E-state index is 13.6. The van der Waals surface area contributed by atoms with Crippen LogP contribution in [0.5, 0.6) is 11.5 Å². The second kappa shape index (κ2) is 8.88. The Morgan fingerprint density at radius 3 is 2.59 bits per heavy atom. The highest BCUT2D eigenvalue weighted by Gasteiger charge is 2.61. The molecule has 29 heavy (non-hydrogen) atoms. The monoisotopic (exact) mass is 408 g/mol. The molecule has 2 saturated heterocycles. The van der Waals surface area contributed by atoms with Gasteiger partial charge in [-0.1, -0.05) is 0 Å². The van der Waals surface area contributed by atoms with Gasteiger partial charge >= 0.3 is 0 Å². The van der Waals surface area contributed by atoms with E-state index in [1.807, 2.05) is 18.7 Å². The molecule has 1 N–H and O–H groups in total. The zero-order valence-corrected chi connectivity index (χ0v) is 17.9. The minimum atomic E-state index is -0.343. The van der Waals surface area contributed by atoms with Crippen LogP contribution in [-0.4, -0.2) is 69.6 Å². The van der Waals surface area contributed by atoms with Crippen LogP contribution in [0.1, 0.15) is 43.5 Å². The molecule has 6 nitrogen and oxygen atoms in total. The molecule has 3 aliphatic rings. The van der Waals surface area contributed by atoms with Gasteiger partial charge in [-0.15, -0.1) is 0 Å². The molecule has 1 saturated carbocycles. The standard InChI is InChI=1S/C22H33FN2O4/c1-16(2)25(22-11-21(12-22,13-23)14-24-15-22)20(26)17-6-7-18(28-4)19(10-17)29-9-5-8-27-3/h6-7,10,16,24H,5,8-9,11-15H2,1-4H3. The smallest absolute Gasteiger partial charge is 0.254 e. The van der Waals surface area contributed by atoms with Crippen molar-refractivity contribution in [1.29, 1.82) is 0 Å². The van der Waals surface area contributed by atoms with Gasteiger partial charge in [0.15, 0.2) is 11.5 Å². The number of nitrogens with one attached hydrogen (secondary N) is 1. The van der Waals surface area contributed by atoms with Crippen molar-refractivity contribution < 1.29 is 23.4 Å². The highest BCUT2D eigenvalue weighted by Crippen LogP contribution is 2.54. The van der Waals surface area contributed by atoms with Crippen molar-refractivity contribution in [2.24, 2.45) is 5.41 Å². The molecule has 1 aromatic rings. The maximum Gasteiger partial charge on any atom is 0.254 e. The molecule has 2 aliphatic heterocycles. The largest absolute Gasteiger partial charge is 0.493 e. The van der Waals surface area contributed by atoms with E-state index in [1.54, 1.807) is 32.4 Å². The molecule has 0 unspecified atom stereocenters. The fourth-order valence-corrected chi connectivity index (χ4v) is 5.00. The highest BCUT2D eigenvalue weighted by atomic mass is 19.1. The molecule has 0 spiro atoms. The second-order valence-corrected chi connectivity index (χ2v) is 8.64. The number of alkyl halides is 1. The number of ether oxygens (including phenoxy) is 3. The van der Waals surface area contributed by atoms with E-state index < -0.39 is 0 Å². The number of carbonyl (C=O) groups excluding carboxylic acids is 1. The van der Waals surface area contributed by atoms with Crippen LogP contribution in [0, 0.1) is 5.41 Å². The number of piperidine rings is 2. The molecule has 1 amide bonds. The van der Waals surface area contributed by atoms with Gasteiger partial charge in [-0.05, 0) is 44.9 Å². The van der Waals surface area contributed by atoms with E-state index in [4.69, 9.17) is 14.2 Å². The lowest BCUT2D eigenvalue weighted by atomic mass is 9.54. The van der Waals surface area contributed by atoms with Gasteiger partial charge in [0.05, 0.1) is 25.9 Å². The summed E-state index contributed by atoms with van der Waals surface area (Å²) in [7, 11) is 3.23. The van der Waals surface area contributed by atoms with Gasteiger partial charge in [0, 0.05) is 50.2 Å². The maximum absolute atomic E-state index is 13.6. The third kappa shape index (κ3) is 4.21. The average Bonchev–Trinajstić information content (AvgIpc) is 2.70. The fraction of sp³-hybridized carbons (Fsp3) is 0.682. The summed E-state index contributed by atoms with van der Waals surface area (Å²) in [5, 5.41) is 3.34. The molecule has 0 radical (unpaired) electrons. The predicted molar refractivity (Wildman–Crippen MR) is 110 cm³/mol. The molecule has 2 heterocycles. The fourth-order valence-electron chi connectivity index (χ4n) is 5.00. The Hall–Kier alpha value is -1.86. The normalized spacial score (nSPS) is 25.4. The van der Waals surface area contributed by atoms with Gasteiger partial charge in [-0.2, -0.15) is 0 Å². The van der Waals surface area contributed by atoms with Gasteiger partial charge < -0.3 is 24.4 Å². The Balaban J connectivity index is 1.81. The van der Waals surface area contributed by atoms with Gasteiger partial charge in [-0.3, -0.25) is 9.18 Å². The van der Waals surface area contributed by atoms with Gasteiger partial charge in [0.1, 0.15) is 0 Å². The van der Waals surface area contributed by atoms with Crippen LogP contribution >= 0.6 is 0 Å². The van der Waals surface area contributed by atoms with E-state index in [2.05, 4.69) is 5.32 Å². The molecule has 4 rings (SSSR count). The molecule has 1 aliphatic carbocycles. The first-order chi connectivity index (χ1) is 13.9. The number of rotatable bonds is 10. The number of fused-ring (bicyclic) bond motifs is 2. The lowest BCUT2D eigenvalue weighted by Gasteiger charge is -2.64. The summed E-state index contributed by atoms with van der Waals surface area (Å²) in [6.45, 7) is 6.16. The molecule has 3 fully saturated rings. The first kappa shape index (κ1) is 21.8. The summed E-state index contributed by atoms with van der Waals surface area (Å²) in [5.41, 5.74) is -0.0881. The van der Waals surface area contributed by atoms with Crippen LogP contribution in [0.4, 0.5) is 4.39 Å². The van der Waals surface area contributed by atoms with Crippen LogP contribution in [0.2, 0.25) is 0 Å². The second-order valence-electron chi connectivity index (χ2n) is 8.64. The Morgan fingerprint density at radius 2 is 1.97 bits per heavy atom. The Kier molecular flexibility index (Phi) is 6.69. The lowest BCUT2D eigenvalue weighted by molar-refractivity contribution is -0.114. The summed E-state index contributed by atoms with van der Waals surface area (Å²) < 4.78 is 29.9. The number of carbonyl (C=O) groups is 1. The zero-order chi connectivity index (χ0) is 21.1. The Bertz CT molecular complexity index is 719. The van der Waals surface area contributed by atoms with Crippen molar-refractivity contribution in [3.05, 3.63) is 23.8 Å². The number of halogens is 1. The van der Waals surface area contributed by atoms with Crippen molar-refractivity contribution in [3.63, 3.8) is 0 Å². The zero-order valence-electron chi connectivity index (χ0n) is 17.9. The summed E-state index contributed by atoms with van der Waals surface area (Å²) >= 11 is 0. The summed E-state index contributed by atoms with van der Waals surface area (Å²) in [6, 6.07) is 5.29. The van der Waals surface area contributed by atoms with Gasteiger partial charge in [-0.25, -0.2) is 0 Å². The van der Waals surface area contributed by atoms with Crippen LogP contribution < -0.4 is 14.8 Å². The van der Waals surface area contributed by atoms with Crippen LogP contribution in [-0.2, 0) is 4.74 Å². The van der Waals surface area contributed by atoms with Crippen molar-refractivity contribution >= 4 is 5.91 Å². The summed E-state index contributed by atoms with van der Waals surface area (Å²) in [5.74, 6) is 1.08. The quantitative estimate of drug-likeness (QED) is 0.603. The van der Waals surface area contributed by atoms with E-state index in [-0.39, 0.29) is 29.6 Å². The van der Waals surface area contributed by atoms with E-state index >= 15 is 0 Å². The Labute approximate surface area is 172 Å². The van der Waals surface area contributed by atoms with Gasteiger partial charge in [0.2, 0.25) is 0 Å². The molecule has 162 valence electrons. The lowest BCUT2D eigenvalue weighted by Crippen LogP contribution is -2.75. The third-order valence-corrected chi connectivity index (χ3v) is 6.05. The topological polar surface area (TPSA) is 60.0 Å². The molecule has 2 bridgehead atoms. The van der Waals surface area contributed by atoms with E-state index in [0.717, 1.165) is 6.42 Å². The molecule has 0 atom stereocenters. The van der Waals surface area contributed by atoms with Crippen molar-refractivity contribution in [2.75, 3.05) is 47.2 Å². The molecular weight excluding hydrogens is 375 g/mol. The minimum absolute atomic E-state index is 0.00758. The number of amides is 1. The first-order valence-electron chi connectivity index (χ1n) is 10.3. The van der Waals surface area contributed by atoms with Crippen LogP contribution in [0.15, 0.2) is 18.2 Å².